The second-order valence-electron chi connectivity index (χ2n) is 3.34. The standard InChI is InChI=1S/C8H13Si.K/c1-5-4-8(9)7(3)6(5)2;/h5H,1-3,9H3;. The zero-order valence-electron chi connectivity index (χ0n) is 7.58. The van der Waals surface area contributed by atoms with E-state index in [9.17, 15) is 0 Å². The fourth-order valence-electron chi connectivity index (χ4n) is 1.57. The zero-order valence-corrected chi connectivity index (χ0v) is 12.7. The Balaban J connectivity index is 3.09. The van der Waals surface area contributed by atoms with Gasteiger partial charge in [0.25, 0.3) is 0 Å². The minimum absolute atomic E-state index is 0.812. The fraction of sp³-hybridized carbons (Fsp3) is 0.500. The normalized spacial score (nSPS) is 27.1. The van der Waals surface area contributed by atoms with E-state index in [4.69, 9.17) is 0 Å². The molecule has 0 aliphatic heterocycles. The third kappa shape index (κ3) is 1.42. The molecule has 2 heteroatoms. The van der Waals surface area contributed by atoms with Crippen LogP contribution in [0.5, 0.6) is 0 Å². The van der Waals surface area contributed by atoms with Gasteiger partial charge in [0, 0.05) is 0 Å². The van der Waals surface area contributed by atoms with E-state index < -0.39 is 0 Å². The van der Waals surface area contributed by atoms with Gasteiger partial charge in [0.05, 0.1) is 0 Å². The predicted octanol–water partition coefficient (Wildman–Crippen LogP) is 0.718. The monoisotopic (exact) mass is 176 g/mol. The predicted molar refractivity (Wildman–Crippen MR) is 50.3 cm³/mol. The molecule has 1 aliphatic carbocycles. The first kappa shape index (κ1) is 9.42. The molecule has 0 spiro atoms. The van der Waals surface area contributed by atoms with Crippen molar-refractivity contribution in [2.24, 2.45) is 5.92 Å². The van der Waals surface area contributed by atoms with Crippen molar-refractivity contribution in [1.29, 1.82) is 0 Å². The van der Waals surface area contributed by atoms with Crippen LogP contribution in [0.25, 0.3) is 0 Å². The van der Waals surface area contributed by atoms with Gasteiger partial charge in [-0.1, -0.05) is 0 Å². The Morgan fingerprint density at radius 1 is 1.40 bits per heavy atom. The molecule has 0 N–H and O–H groups in total. The Bertz CT molecular complexity index is 201. The van der Waals surface area contributed by atoms with Gasteiger partial charge in [0.2, 0.25) is 0 Å². The summed E-state index contributed by atoms with van der Waals surface area (Å²) in [5.41, 5.74) is 3.25. The van der Waals surface area contributed by atoms with Gasteiger partial charge < -0.3 is 0 Å². The third-order valence-electron chi connectivity index (χ3n) is 3.04. The summed E-state index contributed by atoms with van der Waals surface area (Å²) in [6, 6.07) is 0. The molecular weight excluding hydrogens is 163 g/mol. The van der Waals surface area contributed by atoms with E-state index in [0.717, 1.165) is 54.9 Å². The molecule has 0 amide bonds. The van der Waals surface area contributed by atoms with Crippen LogP contribution in [0.3, 0.4) is 0 Å². The van der Waals surface area contributed by atoms with Gasteiger partial charge in [-0.2, -0.15) is 0 Å². The summed E-state index contributed by atoms with van der Waals surface area (Å²) in [5, 5.41) is 1.73. The first-order valence-corrected chi connectivity index (χ1v) is 6.47. The Morgan fingerprint density at radius 2 is 1.90 bits per heavy atom. The average molecular weight is 176 g/mol. The van der Waals surface area contributed by atoms with Crippen LogP contribution in [0.15, 0.2) is 16.0 Å². The van der Waals surface area contributed by atoms with Gasteiger partial charge in [-0.3, -0.25) is 0 Å². The van der Waals surface area contributed by atoms with Crippen LogP contribution in [0.2, 0.25) is 0 Å². The van der Waals surface area contributed by atoms with E-state index >= 15 is 0 Å². The van der Waals surface area contributed by atoms with Crippen LogP contribution in [0.4, 0.5) is 0 Å². The number of allylic oxidation sites excluding steroid dienone is 4. The summed E-state index contributed by atoms with van der Waals surface area (Å²) in [4.78, 5) is 0. The fourth-order valence-corrected chi connectivity index (χ4v) is 3.65. The van der Waals surface area contributed by atoms with Crippen LogP contribution < -0.4 is 0 Å². The summed E-state index contributed by atoms with van der Waals surface area (Å²) >= 11 is 0.919. The summed E-state index contributed by atoms with van der Waals surface area (Å²) in [6.45, 7) is 6.92. The summed E-state index contributed by atoms with van der Waals surface area (Å²) < 4.78 is 1.80. The first-order chi connectivity index (χ1) is 4.55. The molecule has 0 nitrogen and oxygen atoms in total. The zero-order chi connectivity index (χ0) is 7.89. The second-order valence-corrected chi connectivity index (χ2v) is 6.02. The number of hydrogen-bond donors (Lipinski definition) is 0. The molecule has 50 valence electrons. The van der Waals surface area contributed by atoms with Gasteiger partial charge in [-0.15, -0.1) is 0 Å². The van der Waals surface area contributed by atoms with Crippen LogP contribution >= 0.6 is 0 Å². The maximum atomic E-state index is 2.35. The van der Waals surface area contributed by atoms with Crippen molar-refractivity contribution in [2.45, 2.75) is 20.8 Å². The van der Waals surface area contributed by atoms with Crippen molar-refractivity contribution < 1.29 is 0 Å². The molecule has 0 radical (unpaired) electrons. The quantitative estimate of drug-likeness (QED) is 0.477. The third-order valence-corrected chi connectivity index (χ3v) is 8.67. The summed E-state index contributed by atoms with van der Waals surface area (Å²) in [7, 11) is 1.27. The summed E-state index contributed by atoms with van der Waals surface area (Å²) in [5.74, 6) is 0.812. The first-order valence-electron chi connectivity index (χ1n) is 3.90. The Morgan fingerprint density at radius 3 is 2.00 bits per heavy atom. The molecule has 0 saturated heterocycles. The van der Waals surface area contributed by atoms with Crippen molar-refractivity contribution in [3.63, 3.8) is 0 Å². The van der Waals surface area contributed by atoms with Crippen molar-refractivity contribution in [3.8, 4) is 0 Å². The Hall–Kier alpha value is 1.33. The molecule has 0 aromatic carbocycles. The molecular formula is C8H13KSi. The molecule has 0 bridgehead atoms. The van der Waals surface area contributed by atoms with Crippen molar-refractivity contribution in [1.82, 2.24) is 0 Å². The molecule has 0 saturated carbocycles. The molecule has 1 unspecified atom stereocenters. The topological polar surface area (TPSA) is 0 Å². The van der Waals surface area contributed by atoms with E-state index in [1.165, 1.54) is 10.2 Å². The Kier molecular flexibility index (Phi) is 3.18. The molecule has 10 heavy (non-hydrogen) atoms. The van der Waals surface area contributed by atoms with Crippen molar-refractivity contribution in [3.05, 3.63) is 16.0 Å². The number of hydrogen-bond acceptors (Lipinski definition) is 0. The van der Waals surface area contributed by atoms with Crippen LogP contribution in [0, 0.1) is 5.92 Å². The average Bonchev–Trinajstić information content (AvgIpc) is 2.07. The van der Waals surface area contributed by atoms with Crippen molar-refractivity contribution in [2.75, 3.05) is 0 Å². The van der Waals surface area contributed by atoms with Crippen LogP contribution in [-0.2, 0) is 0 Å². The molecule has 0 aromatic rings. The van der Waals surface area contributed by atoms with E-state index in [-0.39, 0.29) is 0 Å². The second kappa shape index (κ2) is 3.37. The molecule has 0 aromatic heterocycles. The van der Waals surface area contributed by atoms with Crippen LogP contribution in [0.1, 0.15) is 20.8 Å². The molecule has 1 aliphatic rings. The minimum atomic E-state index is 0.812. The van der Waals surface area contributed by atoms with E-state index in [2.05, 4.69) is 20.8 Å². The van der Waals surface area contributed by atoms with Gasteiger partial charge in [-0.25, -0.2) is 0 Å². The van der Waals surface area contributed by atoms with E-state index in [1.807, 2.05) is 0 Å². The van der Waals surface area contributed by atoms with E-state index in [1.54, 1.807) is 16.0 Å². The molecule has 1 atom stereocenters. The Labute approximate surface area is 100 Å². The van der Waals surface area contributed by atoms with E-state index in [0.29, 0.717) is 0 Å². The van der Waals surface area contributed by atoms with Crippen molar-refractivity contribution >= 4 is 59.2 Å². The van der Waals surface area contributed by atoms with Gasteiger partial charge >= 0.3 is 102 Å². The SMILES string of the molecule is CC1=C(C)C(C)[C]([K])=C1[SiH3]. The number of rotatable bonds is 0. The van der Waals surface area contributed by atoms with Gasteiger partial charge in [0.15, 0.2) is 0 Å². The summed E-state index contributed by atoms with van der Waals surface area (Å²) in [6.07, 6.45) is 0. The molecule has 1 rings (SSSR count). The van der Waals surface area contributed by atoms with Gasteiger partial charge in [-0.05, 0) is 0 Å². The molecule has 0 fully saturated rings. The van der Waals surface area contributed by atoms with Crippen LogP contribution in [-0.4, -0.2) is 59.2 Å². The maximum absolute atomic E-state index is 2.35. The molecule has 0 heterocycles. The van der Waals surface area contributed by atoms with Gasteiger partial charge in [0.1, 0.15) is 0 Å².